The van der Waals surface area contributed by atoms with Crippen molar-refractivity contribution in [3.63, 3.8) is 0 Å². The van der Waals surface area contributed by atoms with E-state index in [2.05, 4.69) is 33.0 Å². The molecule has 1 N–H and O–H groups in total. The van der Waals surface area contributed by atoms with E-state index < -0.39 is 5.60 Å². The van der Waals surface area contributed by atoms with Gasteiger partial charge in [-0.2, -0.15) is 0 Å². The van der Waals surface area contributed by atoms with E-state index in [-0.39, 0.29) is 44.7 Å². The Morgan fingerprint density at radius 2 is 2.00 bits per heavy atom. The second kappa shape index (κ2) is 6.83. The fourth-order valence-corrected chi connectivity index (χ4v) is 7.69. The van der Waals surface area contributed by atoms with Crippen LogP contribution in [0.3, 0.4) is 0 Å². The van der Waals surface area contributed by atoms with Gasteiger partial charge in [-0.3, -0.25) is 14.9 Å². The third-order valence-electron chi connectivity index (χ3n) is 9.41. The van der Waals surface area contributed by atoms with E-state index in [9.17, 15) is 14.9 Å². The van der Waals surface area contributed by atoms with Crippen molar-refractivity contribution in [2.45, 2.75) is 77.0 Å². The molecule has 4 aliphatic rings. The molecular weight excluding hydrogens is 432 g/mol. The van der Waals surface area contributed by atoms with Crippen LogP contribution in [0.2, 0.25) is 0 Å². The average molecular weight is 463 g/mol. The standard InChI is InChI=1S/C24H31ClN2O5/c1-12-6-7-18-22(2,3)20(25)17(31-5)10-24(18)23(12,4)9-14-16(27(29)30)8-13-15(19(14)32-24)11-26-21(13)28/h8,12,17-18,20H,6-7,9-11H2,1-5H3,(H,26,28)/t12-,17+,18-,20-,23+,24-/m0/s1. The number of rotatable bonds is 2. The largest absolute Gasteiger partial charge is 0.485 e. The van der Waals surface area contributed by atoms with Gasteiger partial charge in [0.1, 0.15) is 11.4 Å². The minimum absolute atomic E-state index is 0.0187. The summed E-state index contributed by atoms with van der Waals surface area (Å²) >= 11 is 6.96. The molecule has 2 heterocycles. The van der Waals surface area contributed by atoms with Crippen molar-refractivity contribution >= 4 is 23.2 Å². The molecule has 2 aliphatic heterocycles. The van der Waals surface area contributed by atoms with Crippen molar-refractivity contribution in [3.8, 4) is 5.75 Å². The SMILES string of the molecule is CO[C@@H]1C[C@@]23Oc4c5c(cc([N+](=O)[O-])c4C[C@]2(C)[C@@H](C)CC[C@H]3C(C)(C)[C@H]1Cl)C(=O)NC5. The fourth-order valence-electron chi connectivity index (χ4n) is 7.34. The Balaban J connectivity index is 1.77. The number of hydrogen-bond acceptors (Lipinski definition) is 5. The maximum atomic E-state index is 12.4. The number of hydrogen-bond donors (Lipinski definition) is 1. The van der Waals surface area contributed by atoms with Gasteiger partial charge in [0.15, 0.2) is 0 Å². The summed E-state index contributed by atoms with van der Waals surface area (Å²) in [5.74, 6) is 0.717. The van der Waals surface area contributed by atoms with Crippen LogP contribution in [0.5, 0.6) is 5.75 Å². The number of carbonyl (C=O) groups excluding carboxylic acids is 1. The zero-order valence-electron chi connectivity index (χ0n) is 19.3. The molecule has 0 aromatic heterocycles. The number of methoxy groups -OCH3 is 1. The van der Waals surface area contributed by atoms with Gasteiger partial charge in [0, 0.05) is 43.0 Å². The Morgan fingerprint density at radius 1 is 1.28 bits per heavy atom. The average Bonchev–Trinajstić information content (AvgIpc) is 3.10. The van der Waals surface area contributed by atoms with Crippen LogP contribution < -0.4 is 10.1 Å². The number of fused-ring (bicyclic) bond motifs is 3. The highest BCUT2D eigenvalue weighted by atomic mass is 35.5. The quantitative estimate of drug-likeness (QED) is 0.393. The lowest BCUT2D eigenvalue weighted by Gasteiger charge is -2.67. The van der Waals surface area contributed by atoms with Crippen LogP contribution in [-0.4, -0.2) is 35.0 Å². The number of ether oxygens (including phenoxy) is 2. The molecule has 0 unspecified atom stereocenters. The number of nitrogens with zero attached hydrogens (tertiary/aromatic N) is 1. The van der Waals surface area contributed by atoms with Gasteiger partial charge in [-0.25, -0.2) is 0 Å². The Bertz CT molecular complexity index is 1030. The zero-order valence-corrected chi connectivity index (χ0v) is 20.0. The van der Waals surface area contributed by atoms with Gasteiger partial charge in [-0.05, 0) is 30.6 Å². The Kier molecular flexibility index (Phi) is 4.68. The monoisotopic (exact) mass is 462 g/mol. The first-order valence-electron chi connectivity index (χ1n) is 11.4. The molecule has 1 spiro atoms. The molecule has 2 saturated carbocycles. The lowest BCUT2D eigenvalue weighted by Crippen LogP contribution is -2.72. The first kappa shape index (κ1) is 22.0. The fraction of sp³-hybridized carbons (Fsp3) is 0.708. The Labute approximate surface area is 193 Å². The normalized spacial score (nSPS) is 39.1. The third-order valence-corrected chi connectivity index (χ3v) is 10.3. The second-order valence-electron chi connectivity index (χ2n) is 11.0. The van der Waals surface area contributed by atoms with Gasteiger partial charge in [0.2, 0.25) is 0 Å². The molecule has 7 nitrogen and oxygen atoms in total. The highest BCUT2D eigenvalue weighted by Crippen LogP contribution is 2.67. The van der Waals surface area contributed by atoms with E-state index in [1.54, 1.807) is 7.11 Å². The Hall–Kier alpha value is -1.86. The summed E-state index contributed by atoms with van der Waals surface area (Å²) in [5, 5.41) is 14.7. The third kappa shape index (κ3) is 2.55. The highest BCUT2D eigenvalue weighted by Gasteiger charge is 2.70. The predicted octanol–water partition coefficient (Wildman–Crippen LogP) is 4.62. The molecule has 1 amide bonds. The van der Waals surface area contributed by atoms with Gasteiger partial charge in [0.05, 0.1) is 27.5 Å². The number of nitro groups is 1. The molecule has 0 bridgehead atoms. The molecule has 8 heteroatoms. The molecule has 0 radical (unpaired) electrons. The van der Waals surface area contributed by atoms with Gasteiger partial charge in [0.25, 0.3) is 11.6 Å². The van der Waals surface area contributed by atoms with Crippen molar-refractivity contribution in [1.29, 1.82) is 0 Å². The maximum Gasteiger partial charge on any atom is 0.277 e. The van der Waals surface area contributed by atoms with E-state index >= 15 is 0 Å². The summed E-state index contributed by atoms with van der Waals surface area (Å²) in [6, 6.07) is 1.43. The van der Waals surface area contributed by atoms with Gasteiger partial charge < -0.3 is 14.8 Å². The molecule has 1 aromatic rings. The second-order valence-corrected chi connectivity index (χ2v) is 11.5. The number of halogens is 1. The number of alkyl halides is 1. The summed E-state index contributed by atoms with van der Waals surface area (Å²) in [6.07, 6.45) is 2.97. The lowest BCUT2D eigenvalue weighted by molar-refractivity contribution is -0.386. The molecule has 0 saturated heterocycles. The van der Waals surface area contributed by atoms with Crippen LogP contribution in [0.25, 0.3) is 0 Å². The summed E-state index contributed by atoms with van der Waals surface area (Å²) in [6.45, 7) is 9.18. The van der Waals surface area contributed by atoms with Crippen LogP contribution >= 0.6 is 11.6 Å². The number of carbonyl (C=O) groups is 1. The maximum absolute atomic E-state index is 12.4. The smallest absolute Gasteiger partial charge is 0.277 e. The van der Waals surface area contributed by atoms with Crippen LogP contribution in [0.4, 0.5) is 5.69 Å². The summed E-state index contributed by atoms with van der Waals surface area (Å²) in [7, 11) is 1.69. The van der Waals surface area contributed by atoms with Crippen molar-refractivity contribution < 1.29 is 19.2 Å². The van der Waals surface area contributed by atoms with Crippen molar-refractivity contribution in [3.05, 3.63) is 32.9 Å². The molecule has 5 rings (SSSR count). The van der Waals surface area contributed by atoms with Crippen LogP contribution in [0.1, 0.15) is 68.4 Å². The molecule has 6 atom stereocenters. The van der Waals surface area contributed by atoms with Gasteiger partial charge >= 0.3 is 0 Å². The van der Waals surface area contributed by atoms with E-state index in [1.165, 1.54) is 6.07 Å². The van der Waals surface area contributed by atoms with Gasteiger partial charge in [-0.1, -0.05) is 27.7 Å². The van der Waals surface area contributed by atoms with Crippen LogP contribution in [0, 0.1) is 32.8 Å². The number of nitrogens with one attached hydrogen (secondary N) is 1. The topological polar surface area (TPSA) is 90.7 Å². The molecule has 2 aliphatic carbocycles. The molecular formula is C24H31ClN2O5. The van der Waals surface area contributed by atoms with Crippen LogP contribution in [-0.2, 0) is 17.7 Å². The van der Waals surface area contributed by atoms with E-state index in [0.717, 1.165) is 18.4 Å². The summed E-state index contributed by atoms with van der Waals surface area (Å²) in [5.41, 5.74) is 0.524. The number of benzene rings is 1. The highest BCUT2D eigenvalue weighted by molar-refractivity contribution is 6.21. The molecule has 1 aromatic carbocycles. The van der Waals surface area contributed by atoms with E-state index in [1.807, 2.05) is 0 Å². The lowest BCUT2D eigenvalue weighted by atomic mass is 9.43. The number of nitro benzene ring substituents is 1. The number of amides is 1. The summed E-state index contributed by atoms with van der Waals surface area (Å²) in [4.78, 5) is 24.1. The minimum Gasteiger partial charge on any atom is -0.485 e. The predicted molar refractivity (Wildman–Crippen MR) is 120 cm³/mol. The zero-order chi connectivity index (χ0) is 23.2. The van der Waals surface area contributed by atoms with Crippen molar-refractivity contribution in [2.24, 2.45) is 22.7 Å². The first-order valence-corrected chi connectivity index (χ1v) is 11.9. The summed E-state index contributed by atoms with van der Waals surface area (Å²) < 4.78 is 12.9. The first-order chi connectivity index (χ1) is 15.0. The van der Waals surface area contributed by atoms with Crippen molar-refractivity contribution in [1.82, 2.24) is 5.32 Å². The van der Waals surface area contributed by atoms with Crippen LogP contribution in [0.15, 0.2) is 6.07 Å². The van der Waals surface area contributed by atoms with Gasteiger partial charge in [-0.15, -0.1) is 11.6 Å². The Morgan fingerprint density at radius 3 is 2.66 bits per heavy atom. The molecule has 2 fully saturated rings. The van der Waals surface area contributed by atoms with E-state index in [0.29, 0.717) is 42.2 Å². The van der Waals surface area contributed by atoms with E-state index in [4.69, 9.17) is 21.1 Å². The van der Waals surface area contributed by atoms with Crippen molar-refractivity contribution in [2.75, 3.05) is 7.11 Å². The molecule has 174 valence electrons. The minimum atomic E-state index is -0.581. The molecule has 32 heavy (non-hydrogen) atoms.